The van der Waals surface area contributed by atoms with Gasteiger partial charge in [-0.3, -0.25) is 4.79 Å². The van der Waals surface area contributed by atoms with Crippen molar-refractivity contribution in [2.24, 2.45) is 0 Å². The van der Waals surface area contributed by atoms with Crippen LogP contribution in [0.25, 0.3) is 0 Å². The largest absolute Gasteiger partial charge is 0.350 e. The Bertz CT molecular complexity index is 391. The van der Waals surface area contributed by atoms with Gasteiger partial charge in [0.05, 0.1) is 5.54 Å². The summed E-state index contributed by atoms with van der Waals surface area (Å²) in [6.07, 6.45) is 1.33. The fraction of sp³-hybridized carbons (Fsp3) is 0.333. The number of carbonyl (C=O) groups is 1. The lowest BCUT2D eigenvalue weighted by Gasteiger charge is -2.39. The van der Waals surface area contributed by atoms with Gasteiger partial charge in [-0.2, -0.15) is 0 Å². The number of amides is 1. The van der Waals surface area contributed by atoms with Crippen molar-refractivity contribution in [1.29, 1.82) is 0 Å². The molecule has 0 spiro atoms. The number of hydrogen-bond acceptors (Lipinski definition) is 2. The van der Waals surface area contributed by atoms with E-state index in [1.165, 1.54) is 0 Å². The number of carbonyl (C=O) groups excluding carboxylic acids is 1. The molecule has 1 unspecified atom stereocenters. The summed E-state index contributed by atoms with van der Waals surface area (Å²) >= 11 is 5.36. The predicted molar refractivity (Wildman–Crippen MR) is 63.9 cm³/mol. The molecule has 0 radical (unpaired) electrons. The van der Waals surface area contributed by atoms with Crippen LogP contribution < -0.4 is 5.32 Å². The highest BCUT2D eigenvalue weighted by molar-refractivity contribution is 7.80. The minimum atomic E-state index is -0.121. The van der Waals surface area contributed by atoms with Gasteiger partial charge in [0.25, 0.3) is 0 Å². The maximum absolute atomic E-state index is 10.9. The van der Waals surface area contributed by atoms with Gasteiger partial charge in [-0.25, -0.2) is 0 Å². The van der Waals surface area contributed by atoms with Crippen molar-refractivity contribution in [1.82, 2.24) is 5.32 Å². The molecule has 1 saturated heterocycles. The van der Waals surface area contributed by atoms with Crippen LogP contribution in [0, 0.1) is 0 Å². The minimum absolute atomic E-state index is 0.119. The highest BCUT2D eigenvalue weighted by Crippen LogP contribution is 2.25. The first kappa shape index (κ1) is 10.3. The Kier molecular flexibility index (Phi) is 2.57. The van der Waals surface area contributed by atoms with E-state index in [1.807, 2.05) is 37.3 Å². The zero-order valence-corrected chi connectivity index (χ0v) is 9.43. The van der Waals surface area contributed by atoms with Crippen molar-refractivity contribution in [3.8, 4) is 0 Å². The van der Waals surface area contributed by atoms with E-state index in [2.05, 4.69) is 5.32 Å². The van der Waals surface area contributed by atoms with E-state index in [9.17, 15) is 4.79 Å². The van der Waals surface area contributed by atoms with E-state index >= 15 is 0 Å². The number of thiocarbonyl (C=S) groups is 1. The molecular weight excluding hydrogens is 206 g/mol. The second kappa shape index (κ2) is 3.74. The molecule has 1 aromatic carbocycles. The van der Waals surface area contributed by atoms with Gasteiger partial charge < -0.3 is 5.32 Å². The van der Waals surface area contributed by atoms with E-state index < -0.39 is 0 Å². The summed E-state index contributed by atoms with van der Waals surface area (Å²) in [6, 6.07) is 9.93. The lowest BCUT2D eigenvalue weighted by Crippen LogP contribution is -2.59. The number of nitrogens with one attached hydrogen (secondary N) is 1. The zero-order chi connectivity index (χ0) is 10.9. The van der Waals surface area contributed by atoms with Crippen LogP contribution in [0.1, 0.15) is 25.3 Å². The summed E-state index contributed by atoms with van der Waals surface area (Å²) in [6.45, 7) is 2.03. The SMILES string of the molecule is CC1(CC(=S)c2ccccc2)CC(=O)N1. The highest BCUT2D eigenvalue weighted by atomic mass is 32.1. The summed E-state index contributed by atoms with van der Waals surface area (Å²) in [7, 11) is 0. The van der Waals surface area contributed by atoms with Crippen molar-refractivity contribution in [3.05, 3.63) is 35.9 Å². The first-order valence-corrected chi connectivity index (χ1v) is 5.39. The summed E-state index contributed by atoms with van der Waals surface area (Å²) in [5.41, 5.74) is 0.958. The summed E-state index contributed by atoms with van der Waals surface area (Å²) < 4.78 is 0. The Hall–Kier alpha value is -1.22. The van der Waals surface area contributed by atoms with Crippen molar-refractivity contribution in [3.63, 3.8) is 0 Å². The second-order valence-corrected chi connectivity index (χ2v) is 4.74. The fourth-order valence-electron chi connectivity index (χ4n) is 1.86. The number of β-lactam (4-membered cyclic amide) rings is 1. The smallest absolute Gasteiger partial charge is 0.222 e. The highest BCUT2D eigenvalue weighted by Gasteiger charge is 2.38. The van der Waals surface area contributed by atoms with Gasteiger partial charge in [0, 0.05) is 17.7 Å². The van der Waals surface area contributed by atoms with Gasteiger partial charge in [0.15, 0.2) is 0 Å². The molecule has 3 heteroatoms. The number of rotatable bonds is 3. The standard InChI is InChI=1S/C12H13NOS/c1-12(8-11(14)13-12)7-10(15)9-5-3-2-4-6-9/h2-6H,7-8H2,1H3,(H,13,14). The Morgan fingerprint density at radius 3 is 2.60 bits per heavy atom. The molecular formula is C12H13NOS. The summed E-state index contributed by atoms with van der Waals surface area (Å²) in [5.74, 6) is 0.119. The molecule has 1 heterocycles. The Morgan fingerprint density at radius 2 is 2.07 bits per heavy atom. The lowest BCUT2D eigenvalue weighted by molar-refractivity contribution is -0.131. The number of benzene rings is 1. The molecule has 15 heavy (non-hydrogen) atoms. The average molecular weight is 219 g/mol. The van der Waals surface area contributed by atoms with Crippen molar-refractivity contribution in [2.75, 3.05) is 0 Å². The molecule has 2 rings (SSSR count). The molecule has 1 fully saturated rings. The van der Waals surface area contributed by atoms with Crippen LogP contribution in [0.4, 0.5) is 0 Å². The summed E-state index contributed by atoms with van der Waals surface area (Å²) in [4.78, 5) is 11.8. The molecule has 2 nitrogen and oxygen atoms in total. The fourth-order valence-corrected chi connectivity index (χ4v) is 2.31. The first-order valence-electron chi connectivity index (χ1n) is 4.98. The van der Waals surface area contributed by atoms with Gasteiger partial charge in [0.2, 0.25) is 5.91 Å². The van der Waals surface area contributed by atoms with Crippen LogP contribution in [0.15, 0.2) is 30.3 Å². The molecule has 1 atom stereocenters. The van der Waals surface area contributed by atoms with Crippen LogP contribution in [0.3, 0.4) is 0 Å². The van der Waals surface area contributed by atoms with Gasteiger partial charge in [-0.15, -0.1) is 0 Å². The predicted octanol–water partition coefficient (Wildman–Crippen LogP) is 2.07. The van der Waals surface area contributed by atoms with Crippen molar-refractivity contribution >= 4 is 23.0 Å². The monoisotopic (exact) mass is 219 g/mol. The molecule has 0 aromatic heterocycles. The maximum Gasteiger partial charge on any atom is 0.222 e. The third-order valence-corrected chi connectivity index (χ3v) is 3.02. The van der Waals surface area contributed by atoms with E-state index in [-0.39, 0.29) is 11.4 Å². The van der Waals surface area contributed by atoms with E-state index in [1.54, 1.807) is 0 Å². The van der Waals surface area contributed by atoms with E-state index in [0.29, 0.717) is 6.42 Å². The Balaban J connectivity index is 2.02. The quantitative estimate of drug-likeness (QED) is 0.479. The topological polar surface area (TPSA) is 29.1 Å². The lowest BCUT2D eigenvalue weighted by atomic mass is 9.83. The van der Waals surface area contributed by atoms with Crippen LogP contribution in [0.2, 0.25) is 0 Å². The molecule has 0 bridgehead atoms. The first-order chi connectivity index (χ1) is 7.09. The maximum atomic E-state index is 10.9. The normalized spacial score (nSPS) is 24.2. The molecule has 1 aliphatic heterocycles. The zero-order valence-electron chi connectivity index (χ0n) is 8.62. The van der Waals surface area contributed by atoms with Crippen molar-refractivity contribution < 1.29 is 4.79 Å². The van der Waals surface area contributed by atoms with E-state index in [0.717, 1.165) is 16.8 Å². The van der Waals surface area contributed by atoms with Crippen LogP contribution in [-0.2, 0) is 4.79 Å². The van der Waals surface area contributed by atoms with Gasteiger partial charge in [-0.05, 0) is 12.5 Å². The molecule has 1 aromatic rings. The third-order valence-electron chi connectivity index (χ3n) is 2.64. The minimum Gasteiger partial charge on any atom is -0.350 e. The molecule has 1 N–H and O–H groups in total. The molecule has 0 aliphatic carbocycles. The van der Waals surface area contributed by atoms with Crippen LogP contribution in [-0.4, -0.2) is 16.3 Å². The Labute approximate surface area is 94.7 Å². The second-order valence-electron chi connectivity index (χ2n) is 4.25. The van der Waals surface area contributed by atoms with Crippen LogP contribution >= 0.6 is 12.2 Å². The van der Waals surface area contributed by atoms with Gasteiger partial charge >= 0.3 is 0 Å². The average Bonchev–Trinajstić information content (AvgIpc) is 2.17. The van der Waals surface area contributed by atoms with Gasteiger partial charge in [-0.1, -0.05) is 42.5 Å². The molecule has 78 valence electrons. The Morgan fingerprint density at radius 1 is 1.47 bits per heavy atom. The van der Waals surface area contributed by atoms with E-state index in [4.69, 9.17) is 12.2 Å². The van der Waals surface area contributed by atoms with Gasteiger partial charge in [0.1, 0.15) is 0 Å². The summed E-state index contributed by atoms with van der Waals surface area (Å²) in [5, 5.41) is 2.89. The van der Waals surface area contributed by atoms with Crippen molar-refractivity contribution in [2.45, 2.75) is 25.3 Å². The number of hydrogen-bond donors (Lipinski definition) is 1. The molecule has 1 aliphatic rings. The van der Waals surface area contributed by atoms with Crippen LogP contribution in [0.5, 0.6) is 0 Å². The molecule has 1 amide bonds. The molecule has 0 saturated carbocycles. The third kappa shape index (κ3) is 2.23.